The molecule has 0 spiro atoms. The second-order valence-corrected chi connectivity index (χ2v) is 5.93. The summed E-state index contributed by atoms with van der Waals surface area (Å²) < 4.78 is 0. The Morgan fingerprint density at radius 3 is 2.78 bits per heavy atom. The summed E-state index contributed by atoms with van der Waals surface area (Å²) in [5, 5.41) is 13.1. The van der Waals surface area contributed by atoms with Crippen LogP contribution in [0, 0.1) is 13.8 Å². The maximum absolute atomic E-state index is 11.9. The molecule has 0 aliphatic rings. The van der Waals surface area contributed by atoms with Crippen molar-refractivity contribution in [3.63, 3.8) is 0 Å². The number of hydrogen-bond donors (Lipinski definition) is 2. The van der Waals surface area contributed by atoms with Gasteiger partial charge >= 0.3 is 0 Å². The summed E-state index contributed by atoms with van der Waals surface area (Å²) in [6.45, 7) is 3.85. The number of nitrogens with zero attached hydrogens (tertiary/aromatic N) is 1. The van der Waals surface area contributed by atoms with Crippen molar-refractivity contribution in [2.75, 3.05) is 11.9 Å². The van der Waals surface area contributed by atoms with E-state index in [9.17, 15) is 9.90 Å². The molecule has 0 saturated carbocycles. The van der Waals surface area contributed by atoms with E-state index >= 15 is 0 Å². The fourth-order valence-electron chi connectivity index (χ4n) is 1.99. The third-order valence-electron chi connectivity index (χ3n) is 3.40. The number of halogens is 2. The van der Waals surface area contributed by atoms with Crippen LogP contribution in [-0.4, -0.2) is 23.8 Å². The van der Waals surface area contributed by atoms with E-state index in [1.165, 1.54) is 18.3 Å². The lowest BCUT2D eigenvalue weighted by Crippen LogP contribution is -2.15. The largest absolute Gasteiger partial charge is 0.506 e. The number of nitrogens with one attached hydrogen (secondary N) is 1. The Balaban J connectivity index is 2.03. The van der Waals surface area contributed by atoms with Gasteiger partial charge in [-0.1, -0.05) is 35.3 Å². The number of carbonyl (C=O) groups excluding carboxylic acids is 1. The Morgan fingerprint density at radius 1 is 1.30 bits per heavy atom. The van der Waals surface area contributed by atoms with Gasteiger partial charge in [0.25, 0.3) is 0 Å². The topological polar surface area (TPSA) is 61.7 Å². The average Bonchev–Trinajstić information content (AvgIpc) is 2.49. The van der Waals surface area contributed by atoms with Crippen molar-refractivity contribution in [2.24, 2.45) is 4.99 Å². The van der Waals surface area contributed by atoms with Gasteiger partial charge in [-0.15, -0.1) is 0 Å². The molecule has 2 rings (SSSR count). The third kappa shape index (κ3) is 4.47. The quantitative estimate of drug-likeness (QED) is 0.804. The van der Waals surface area contributed by atoms with Crippen molar-refractivity contribution in [3.05, 3.63) is 57.1 Å². The fraction of sp³-hybridized carbons (Fsp3) is 0.176. The van der Waals surface area contributed by atoms with E-state index in [-0.39, 0.29) is 23.2 Å². The summed E-state index contributed by atoms with van der Waals surface area (Å²) in [5.74, 6) is -0.364. The van der Waals surface area contributed by atoms with Crippen LogP contribution in [0.1, 0.15) is 16.7 Å². The predicted octanol–water partition coefficient (Wildman–Crippen LogP) is 4.37. The van der Waals surface area contributed by atoms with E-state index in [1.807, 2.05) is 32.0 Å². The van der Waals surface area contributed by atoms with Crippen LogP contribution in [0.3, 0.4) is 0 Å². The van der Waals surface area contributed by atoms with Gasteiger partial charge in [0.15, 0.2) is 0 Å². The monoisotopic (exact) mass is 350 g/mol. The Morgan fingerprint density at radius 2 is 2.04 bits per heavy atom. The smallest absolute Gasteiger partial charge is 0.246 e. The number of aromatic hydroxyl groups is 1. The second kappa shape index (κ2) is 7.49. The number of phenols is 1. The number of anilines is 1. The molecule has 0 saturated heterocycles. The van der Waals surface area contributed by atoms with E-state index < -0.39 is 0 Å². The standard InChI is InChI=1S/C17H16Cl2N2O2/c1-10-4-3-5-15(11(10)2)21-16(22)9-20-8-12-6-13(18)7-14(19)17(12)23/h3-8,23H,9H2,1-2H3,(H,21,22). The zero-order chi connectivity index (χ0) is 17.0. The molecule has 0 bridgehead atoms. The number of aliphatic imine (C=N–C) groups is 1. The van der Waals surface area contributed by atoms with E-state index in [1.54, 1.807) is 0 Å². The molecule has 0 heterocycles. The normalized spacial score (nSPS) is 11.0. The number of carbonyl (C=O) groups is 1. The molecule has 0 aliphatic heterocycles. The van der Waals surface area contributed by atoms with Gasteiger partial charge in [-0.05, 0) is 43.2 Å². The minimum Gasteiger partial charge on any atom is -0.506 e. The first kappa shape index (κ1) is 17.3. The summed E-state index contributed by atoms with van der Waals surface area (Å²) in [5.41, 5.74) is 3.25. The minimum absolute atomic E-state index is 0.0725. The van der Waals surface area contributed by atoms with Crippen molar-refractivity contribution in [2.45, 2.75) is 13.8 Å². The predicted molar refractivity (Wildman–Crippen MR) is 95.1 cm³/mol. The van der Waals surface area contributed by atoms with Gasteiger partial charge in [0.1, 0.15) is 12.3 Å². The maximum atomic E-state index is 11.9. The molecule has 0 aromatic heterocycles. The summed E-state index contributed by atoms with van der Waals surface area (Å²) in [6, 6.07) is 8.66. The number of aryl methyl sites for hydroxylation is 1. The summed E-state index contributed by atoms with van der Waals surface area (Å²) >= 11 is 11.7. The van der Waals surface area contributed by atoms with Gasteiger partial charge in [0, 0.05) is 22.5 Å². The van der Waals surface area contributed by atoms with Crippen molar-refractivity contribution < 1.29 is 9.90 Å². The average molecular weight is 351 g/mol. The molecule has 120 valence electrons. The first-order valence-electron chi connectivity index (χ1n) is 6.92. The van der Waals surface area contributed by atoms with Crippen LogP contribution in [0.2, 0.25) is 10.0 Å². The van der Waals surface area contributed by atoms with Crippen molar-refractivity contribution in [1.82, 2.24) is 0 Å². The zero-order valence-corrected chi connectivity index (χ0v) is 14.2. The molecule has 0 aliphatic carbocycles. The Hall–Kier alpha value is -2.04. The van der Waals surface area contributed by atoms with E-state index in [0.29, 0.717) is 10.6 Å². The number of hydrogen-bond acceptors (Lipinski definition) is 3. The molecule has 0 fully saturated rings. The van der Waals surface area contributed by atoms with Crippen LogP contribution in [0.15, 0.2) is 35.3 Å². The molecule has 23 heavy (non-hydrogen) atoms. The molecule has 1 amide bonds. The van der Waals surface area contributed by atoms with Crippen molar-refractivity contribution in [3.8, 4) is 5.75 Å². The van der Waals surface area contributed by atoms with Crippen LogP contribution in [0.25, 0.3) is 0 Å². The summed E-state index contributed by atoms with van der Waals surface area (Å²) in [7, 11) is 0. The lowest BCUT2D eigenvalue weighted by Gasteiger charge is -2.09. The molecule has 6 heteroatoms. The molecule has 0 radical (unpaired) electrons. The third-order valence-corrected chi connectivity index (χ3v) is 3.91. The maximum Gasteiger partial charge on any atom is 0.246 e. The Labute approximate surface area is 144 Å². The molecule has 0 atom stereocenters. The highest BCUT2D eigenvalue weighted by atomic mass is 35.5. The lowest BCUT2D eigenvalue weighted by molar-refractivity contribution is -0.114. The van der Waals surface area contributed by atoms with Crippen molar-refractivity contribution in [1.29, 1.82) is 0 Å². The summed E-state index contributed by atoms with van der Waals surface area (Å²) in [6.07, 6.45) is 1.37. The second-order valence-electron chi connectivity index (χ2n) is 5.09. The highest BCUT2D eigenvalue weighted by Crippen LogP contribution is 2.30. The fourth-order valence-corrected chi connectivity index (χ4v) is 2.50. The highest BCUT2D eigenvalue weighted by Gasteiger charge is 2.07. The molecule has 2 N–H and O–H groups in total. The van der Waals surface area contributed by atoms with Gasteiger partial charge in [0.05, 0.1) is 5.02 Å². The zero-order valence-electron chi connectivity index (χ0n) is 12.7. The van der Waals surface area contributed by atoms with Gasteiger partial charge in [-0.25, -0.2) is 0 Å². The van der Waals surface area contributed by atoms with Gasteiger partial charge in [-0.3, -0.25) is 9.79 Å². The first-order chi connectivity index (χ1) is 10.9. The summed E-state index contributed by atoms with van der Waals surface area (Å²) in [4.78, 5) is 16.0. The molecular weight excluding hydrogens is 335 g/mol. The van der Waals surface area contributed by atoms with Crippen LogP contribution in [0.4, 0.5) is 5.69 Å². The Kier molecular flexibility index (Phi) is 5.64. The molecule has 2 aromatic carbocycles. The van der Waals surface area contributed by atoms with Crippen LogP contribution >= 0.6 is 23.2 Å². The molecular formula is C17H16Cl2N2O2. The van der Waals surface area contributed by atoms with Crippen molar-refractivity contribution >= 4 is 41.0 Å². The van der Waals surface area contributed by atoms with E-state index in [0.717, 1.165) is 16.8 Å². The number of phenolic OH excluding ortho intramolecular Hbond substituents is 1. The van der Waals surface area contributed by atoms with Gasteiger partial charge in [0.2, 0.25) is 5.91 Å². The molecule has 0 unspecified atom stereocenters. The number of amides is 1. The van der Waals surface area contributed by atoms with E-state index in [2.05, 4.69) is 10.3 Å². The van der Waals surface area contributed by atoms with Gasteiger partial charge < -0.3 is 10.4 Å². The SMILES string of the molecule is Cc1cccc(NC(=O)CN=Cc2cc(Cl)cc(Cl)c2O)c1C. The Bertz CT molecular complexity index is 773. The van der Waals surface area contributed by atoms with Crippen LogP contribution < -0.4 is 5.32 Å². The van der Waals surface area contributed by atoms with Crippen LogP contribution in [-0.2, 0) is 4.79 Å². The number of benzene rings is 2. The lowest BCUT2D eigenvalue weighted by atomic mass is 10.1. The van der Waals surface area contributed by atoms with E-state index in [4.69, 9.17) is 23.2 Å². The highest BCUT2D eigenvalue weighted by molar-refractivity contribution is 6.36. The molecule has 4 nitrogen and oxygen atoms in total. The minimum atomic E-state index is -0.248. The first-order valence-corrected chi connectivity index (χ1v) is 7.68. The van der Waals surface area contributed by atoms with Gasteiger partial charge in [-0.2, -0.15) is 0 Å². The molecule has 2 aromatic rings. The number of rotatable bonds is 4. The van der Waals surface area contributed by atoms with Crippen LogP contribution in [0.5, 0.6) is 5.75 Å².